The van der Waals surface area contributed by atoms with Crippen LogP contribution in [0.15, 0.2) is 36.4 Å². The number of anilines is 2. The van der Waals surface area contributed by atoms with Gasteiger partial charge in [-0.3, -0.25) is 0 Å². The quantitative estimate of drug-likeness (QED) is 0.810. The molecule has 0 amide bonds. The van der Waals surface area contributed by atoms with Crippen molar-refractivity contribution in [2.24, 2.45) is 0 Å². The van der Waals surface area contributed by atoms with Crippen molar-refractivity contribution >= 4 is 22.1 Å². The van der Waals surface area contributed by atoms with Gasteiger partial charge in [-0.2, -0.15) is 0 Å². The van der Waals surface area contributed by atoms with Crippen LogP contribution >= 0.6 is 0 Å². The molecule has 0 bridgehead atoms. The smallest absolute Gasteiger partial charge is 0.0420 e. The zero-order valence-corrected chi connectivity index (χ0v) is 9.88. The first-order valence-electron chi connectivity index (χ1n) is 5.85. The minimum Gasteiger partial charge on any atom is -0.385 e. The molecule has 0 atom stereocenters. The lowest BCUT2D eigenvalue weighted by atomic mass is 10.1. The maximum Gasteiger partial charge on any atom is 0.0420 e. The van der Waals surface area contributed by atoms with Gasteiger partial charge in [0.1, 0.15) is 0 Å². The highest BCUT2D eigenvalue weighted by Crippen LogP contribution is 2.26. The van der Waals surface area contributed by atoms with Crippen LogP contribution in [0, 0.1) is 0 Å². The molecule has 2 N–H and O–H groups in total. The first kappa shape index (κ1) is 10.8. The van der Waals surface area contributed by atoms with Crippen molar-refractivity contribution in [1.29, 1.82) is 0 Å². The Labute approximate surface area is 96.7 Å². The molecule has 0 aromatic heterocycles. The fourth-order valence-corrected chi connectivity index (χ4v) is 1.93. The van der Waals surface area contributed by atoms with Crippen LogP contribution in [0.1, 0.15) is 13.8 Å². The van der Waals surface area contributed by atoms with Gasteiger partial charge in [-0.1, -0.05) is 18.2 Å². The number of nitrogens with one attached hydrogen (secondary N) is 2. The lowest BCUT2D eigenvalue weighted by Crippen LogP contribution is -1.99. The van der Waals surface area contributed by atoms with E-state index in [9.17, 15) is 0 Å². The molecule has 0 radical (unpaired) electrons. The summed E-state index contributed by atoms with van der Waals surface area (Å²) in [7, 11) is 0. The van der Waals surface area contributed by atoms with Crippen LogP contribution in [0.25, 0.3) is 10.8 Å². The Morgan fingerprint density at radius 2 is 1.75 bits per heavy atom. The molecule has 2 rings (SSSR count). The molecular weight excluding hydrogens is 196 g/mol. The van der Waals surface area contributed by atoms with Gasteiger partial charge in [0.25, 0.3) is 0 Å². The third-order valence-electron chi connectivity index (χ3n) is 2.63. The van der Waals surface area contributed by atoms with Crippen LogP contribution in [-0.2, 0) is 0 Å². The Hall–Kier alpha value is -1.70. The summed E-state index contributed by atoms with van der Waals surface area (Å²) < 4.78 is 0. The minimum absolute atomic E-state index is 0.949. The van der Waals surface area contributed by atoms with E-state index >= 15 is 0 Å². The van der Waals surface area contributed by atoms with Crippen LogP contribution in [-0.4, -0.2) is 13.1 Å². The molecule has 2 heteroatoms. The third-order valence-corrected chi connectivity index (χ3v) is 2.63. The maximum atomic E-state index is 3.39. The summed E-state index contributed by atoms with van der Waals surface area (Å²) in [6, 6.07) is 12.9. The number of hydrogen-bond donors (Lipinski definition) is 2. The van der Waals surface area contributed by atoms with E-state index in [1.54, 1.807) is 0 Å². The second-order valence-corrected chi connectivity index (χ2v) is 3.80. The summed E-state index contributed by atoms with van der Waals surface area (Å²) in [6.07, 6.45) is 0. The normalized spacial score (nSPS) is 10.4. The highest BCUT2D eigenvalue weighted by atomic mass is 14.9. The molecule has 2 aromatic rings. The van der Waals surface area contributed by atoms with Gasteiger partial charge in [-0.25, -0.2) is 0 Å². The minimum atomic E-state index is 0.949. The predicted molar refractivity (Wildman–Crippen MR) is 72.3 cm³/mol. The van der Waals surface area contributed by atoms with E-state index in [1.807, 2.05) is 0 Å². The van der Waals surface area contributed by atoms with E-state index in [0.717, 1.165) is 13.1 Å². The number of rotatable bonds is 4. The van der Waals surface area contributed by atoms with Crippen LogP contribution < -0.4 is 10.6 Å². The van der Waals surface area contributed by atoms with E-state index in [-0.39, 0.29) is 0 Å². The summed E-state index contributed by atoms with van der Waals surface area (Å²) in [5.41, 5.74) is 2.39. The molecule has 84 valence electrons. The topological polar surface area (TPSA) is 24.1 Å². The molecule has 2 nitrogen and oxygen atoms in total. The van der Waals surface area contributed by atoms with E-state index < -0.39 is 0 Å². The average Bonchev–Trinajstić information content (AvgIpc) is 2.31. The van der Waals surface area contributed by atoms with Gasteiger partial charge in [0.05, 0.1) is 0 Å². The average molecular weight is 214 g/mol. The van der Waals surface area contributed by atoms with Crippen molar-refractivity contribution in [3.05, 3.63) is 36.4 Å². The van der Waals surface area contributed by atoms with E-state index in [1.165, 1.54) is 22.1 Å². The number of benzene rings is 2. The fraction of sp³-hybridized carbons (Fsp3) is 0.286. The van der Waals surface area contributed by atoms with Crippen LogP contribution in [0.2, 0.25) is 0 Å². The van der Waals surface area contributed by atoms with Crippen LogP contribution in [0.4, 0.5) is 11.4 Å². The molecule has 0 aliphatic carbocycles. The van der Waals surface area contributed by atoms with Crippen LogP contribution in [0.3, 0.4) is 0 Å². The Morgan fingerprint density at radius 1 is 0.938 bits per heavy atom. The molecule has 0 heterocycles. The molecule has 0 saturated carbocycles. The fourth-order valence-electron chi connectivity index (χ4n) is 1.93. The summed E-state index contributed by atoms with van der Waals surface area (Å²) >= 11 is 0. The first-order chi connectivity index (χ1) is 7.85. The summed E-state index contributed by atoms with van der Waals surface area (Å²) in [5, 5.41) is 9.29. The lowest BCUT2D eigenvalue weighted by Gasteiger charge is -2.10. The van der Waals surface area contributed by atoms with Crippen LogP contribution in [0.5, 0.6) is 0 Å². The Kier molecular flexibility index (Phi) is 3.30. The summed E-state index contributed by atoms with van der Waals surface area (Å²) in [4.78, 5) is 0. The number of fused-ring (bicyclic) bond motifs is 1. The van der Waals surface area contributed by atoms with Crippen molar-refractivity contribution in [3.63, 3.8) is 0 Å². The van der Waals surface area contributed by atoms with Crippen molar-refractivity contribution in [2.45, 2.75) is 13.8 Å². The first-order valence-corrected chi connectivity index (χ1v) is 5.85. The lowest BCUT2D eigenvalue weighted by molar-refractivity contribution is 1.21. The van der Waals surface area contributed by atoms with Gasteiger partial charge < -0.3 is 10.6 Å². The summed E-state index contributed by atoms with van der Waals surface area (Å²) in [6.45, 7) is 6.13. The monoisotopic (exact) mass is 214 g/mol. The maximum absolute atomic E-state index is 3.39. The van der Waals surface area contributed by atoms with E-state index in [2.05, 4.69) is 60.9 Å². The largest absolute Gasteiger partial charge is 0.385 e. The molecule has 0 spiro atoms. The number of hydrogen-bond acceptors (Lipinski definition) is 2. The van der Waals surface area contributed by atoms with Crippen molar-refractivity contribution in [2.75, 3.05) is 23.7 Å². The Balaban J connectivity index is 2.50. The zero-order chi connectivity index (χ0) is 11.4. The second-order valence-electron chi connectivity index (χ2n) is 3.80. The van der Waals surface area contributed by atoms with Crippen molar-refractivity contribution in [1.82, 2.24) is 0 Å². The molecular formula is C14H18N2. The Morgan fingerprint density at radius 3 is 2.50 bits per heavy atom. The molecule has 16 heavy (non-hydrogen) atoms. The standard InChI is InChI=1S/C14H18N2/c1-3-15-12-9-8-11-6-5-7-14(16-4-2)13(11)10-12/h5-10,15-16H,3-4H2,1-2H3. The SMILES string of the molecule is CCNc1ccc2cccc(NCC)c2c1. The molecule has 0 aliphatic rings. The zero-order valence-electron chi connectivity index (χ0n) is 9.88. The molecule has 0 saturated heterocycles. The highest BCUT2D eigenvalue weighted by molar-refractivity contribution is 5.96. The van der Waals surface area contributed by atoms with E-state index in [0.29, 0.717) is 0 Å². The second kappa shape index (κ2) is 4.88. The van der Waals surface area contributed by atoms with Gasteiger partial charge in [0.15, 0.2) is 0 Å². The predicted octanol–water partition coefficient (Wildman–Crippen LogP) is 3.70. The Bertz CT molecular complexity index is 477. The van der Waals surface area contributed by atoms with Gasteiger partial charge in [-0.15, -0.1) is 0 Å². The molecule has 2 aromatic carbocycles. The van der Waals surface area contributed by atoms with E-state index in [4.69, 9.17) is 0 Å². The molecule has 0 fully saturated rings. The van der Waals surface area contributed by atoms with Gasteiger partial charge in [-0.05, 0) is 37.4 Å². The van der Waals surface area contributed by atoms with Crippen molar-refractivity contribution in [3.8, 4) is 0 Å². The molecule has 0 unspecified atom stereocenters. The molecule has 0 aliphatic heterocycles. The van der Waals surface area contributed by atoms with Gasteiger partial charge in [0.2, 0.25) is 0 Å². The highest BCUT2D eigenvalue weighted by Gasteiger charge is 2.00. The van der Waals surface area contributed by atoms with Gasteiger partial charge >= 0.3 is 0 Å². The van der Waals surface area contributed by atoms with Gasteiger partial charge in [0, 0.05) is 29.9 Å². The summed E-state index contributed by atoms with van der Waals surface area (Å²) in [5.74, 6) is 0. The third kappa shape index (κ3) is 2.11. The van der Waals surface area contributed by atoms with Crippen molar-refractivity contribution < 1.29 is 0 Å².